The molecule has 0 saturated carbocycles. The Morgan fingerprint density at radius 2 is 1.66 bits per heavy atom. The van der Waals surface area contributed by atoms with Crippen LogP contribution in [-0.4, -0.2) is 28.7 Å². The van der Waals surface area contributed by atoms with E-state index in [0.717, 1.165) is 43.4 Å². The molecule has 0 radical (unpaired) electrons. The lowest BCUT2D eigenvalue weighted by atomic mass is 9.94. The Kier molecular flexibility index (Phi) is 9.69. The van der Waals surface area contributed by atoms with Crippen LogP contribution in [0.2, 0.25) is 0 Å². The zero-order valence-corrected chi connectivity index (χ0v) is 18.9. The molecule has 0 aliphatic carbocycles. The number of phenolic OH excluding ortho intramolecular Hbond substituents is 1. The fourth-order valence-corrected chi connectivity index (χ4v) is 4.14. The van der Waals surface area contributed by atoms with Gasteiger partial charge in [-0.2, -0.15) is 0 Å². The highest BCUT2D eigenvalue weighted by molar-refractivity contribution is 5.36. The van der Waals surface area contributed by atoms with Crippen molar-refractivity contribution in [3.05, 3.63) is 65.2 Å². The van der Waals surface area contributed by atoms with Gasteiger partial charge in [-0.05, 0) is 75.8 Å². The molecule has 1 unspecified atom stereocenters. The monoisotopic (exact) mass is 397 g/mol. The van der Waals surface area contributed by atoms with Gasteiger partial charge in [0.25, 0.3) is 0 Å². The molecule has 1 N–H and O–H groups in total. The fraction of sp³-hybridized carbons (Fsp3) is 0.538. The Hall–Kier alpha value is -1.84. The van der Waals surface area contributed by atoms with E-state index in [4.69, 9.17) is 4.74 Å². The number of nitrogens with zero attached hydrogens (tertiary/aromatic N) is 1. The summed E-state index contributed by atoms with van der Waals surface area (Å²) in [6.07, 6.45) is 4.03. The normalized spacial score (nSPS) is 12.8. The zero-order valence-electron chi connectivity index (χ0n) is 18.9. The van der Waals surface area contributed by atoms with Gasteiger partial charge in [-0.15, -0.1) is 0 Å². The van der Waals surface area contributed by atoms with Crippen LogP contribution in [0.5, 0.6) is 5.75 Å². The van der Waals surface area contributed by atoms with Crippen molar-refractivity contribution in [2.75, 3.05) is 6.61 Å². The lowest BCUT2D eigenvalue weighted by Gasteiger charge is -2.39. The molecule has 0 bridgehead atoms. The summed E-state index contributed by atoms with van der Waals surface area (Å²) < 4.78 is 5.76. The largest absolute Gasteiger partial charge is 0.508 e. The smallest absolute Gasteiger partial charge is 0.118 e. The summed E-state index contributed by atoms with van der Waals surface area (Å²) >= 11 is 0. The molecule has 3 heteroatoms. The predicted octanol–water partition coefficient (Wildman–Crippen LogP) is 6.50. The van der Waals surface area contributed by atoms with Crippen molar-refractivity contribution in [3.8, 4) is 5.75 Å². The Labute approximate surface area is 177 Å². The third-order valence-corrected chi connectivity index (χ3v) is 5.48. The number of unbranched alkanes of at least 4 members (excludes halogenated alkanes) is 1. The summed E-state index contributed by atoms with van der Waals surface area (Å²) in [7, 11) is 0. The molecule has 2 rings (SSSR count). The van der Waals surface area contributed by atoms with Gasteiger partial charge in [0, 0.05) is 24.7 Å². The summed E-state index contributed by atoms with van der Waals surface area (Å²) in [4.78, 5) is 2.57. The average Bonchev–Trinajstić information content (AvgIpc) is 2.70. The van der Waals surface area contributed by atoms with Crippen LogP contribution in [0.25, 0.3) is 0 Å². The number of hydrogen-bond donors (Lipinski definition) is 1. The summed E-state index contributed by atoms with van der Waals surface area (Å²) in [5.41, 5.74) is 3.48. The number of rotatable bonds is 12. The number of hydrogen-bond acceptors (Lipinski definition) is 3. The average molecular weight is 398 g/mol. The number of ether oxygens (including phenoxy) is 1. The van der Waals surface area contributed by atoms with Gasteiger partial charge < -0.3 is 9.84 Å². The lowest BCUT2D eigenvalue weighted by Crippen LogP contribution is -2.40. The van der Waals surface area contributed by atoms with E-state index in [1.165, 1.54) is 5.56 Å². The van der Waals surface area contributed by atoms with Crippen molar-refractivity contribution < 1.29 is 9.84 Å². The van der Waals surface area contributed by atoms with Crippen molar-refractivity contribution in [3.63, 3.8) is 0 Å². The lowest BCUT2D eigenvalue weighted by molar-refractivity contribution is 0.106. The van der Waals surface area contributed by atoms with E-state index in [-0.39, 0.29) is 0 Å². The standard InChI is InChI=1S/C26H39NO2/c1-6-7-17-29-19-22-13-16-26(28)24(18-22)14-15-25(23-11-9-8-10-12-23)27(20(2)3)21(4)5/h8-13,16,18,20-21,25,28H,6-7,14-15,17,19H2,1-5H3. The maximum absolute atomic E-state index is 10.4. The van der Waals surface area contributed by atoms with Crippen LogP contribution in [0.3, 0.4) is 0 Å². The Morgan fingerprint density at radius 3 is 2.28 bits per heavy atom. The van der Waals surface area contributed by atoms with E-state index in [0.29, 0.717) is 30.5 Å². The van der Waals surface area contributed by atoms with Gasteiger partial charge in [0.15, 0.2) is 0 Å². The molecule has 160 valence electrons. The first-order valence-electron chi connectivity index (χ1n) is 11.1. The minimum atomic E-state index is 0.320. The van der Waals surface area contributed by atoms with Gasteiger partial charge in [-0.25, -0.2) is 0 Å². The van der Waals surface area contributed by atoms with Crippen LogP contribution in [-0.2, 0) is 17.8 Å². The van der Waals surface area contributed by atoms with E-state index < -0.39 is 0 Å². The van der Waals surface area contributed by atoms with Crippen LogP contribution < -0.4 is 0 Å². The van der Waals surface area contributed by atoms with Gasteiger partial charge in [0.1, 0.15) is 5.75 Å². The highest BCUT2D eigenvalue weighted by Gasteiger charge is 2.25. The van der Waals surface area contributed by atoms with Crippen molar-refractivity contribution in [1.29, 1.82) is 0 Å². The molecular formula is C26H39NO2. The van der Waals surface area contributed by atoms with Gasteiger partial charge in [-0.3, -0.25) is 4.90 Å². The summed E-state index contributed by atoms with van der Waals surface area (Å²) in [6.45, 7) is 12.6. The second-order valence-electron chi connectivity index (χ2n) is 8.47. The number of aryl methyl sites for hydroxylation is 1. The Balaban J connectivity index is 2.16. The van der Waals surface area contributed by atoms with Crippen molar-refractivity contribution in [2.24, 2.45) is 0 Å². The van der Waals surface area contributed by atoms with Gasteiger partial charge in [0.05, 0.1) is 6.61 Å². The molecule has 0 saturated heterocycles. The molecule has 0 heterocycles. The summed E-state index contributed by atoms with van der Waals surface area (Å²) in [5.74, 6) is 0.384. The van der Waals surface area contributed by atoms with E-state index in [1.54, 1.807) is 0 Å². The summed E-state index contributed by atoms with van der Waals surface area (Å²) in [6, 6.07) is 17.9. The quantitative estimate of drug-likeness (QED) is 0.415. The molecule has 0 amide bonds. The zero-order chi connectivity index (χ0) is 21.2. The molecule has 0 fully saturated rings. The first-order chi connectivity index (χ1) is 13.9. The van der Waals surface area contributed by atoms with Crippen LogP contribution in [0.15, 0.2) is 48.5 Å². The fourth-order valence-electron chi connectivity index (χ4n) is 4.14. The van der Waals surface area contributed by atoms with Gasteiger partial charge in [0.2, 0.25) is 0 Å². The molecule has 0 aliphatic heterocycles. The van der Waals surface area contributed by atoms with Gasteiger partial charge >= 0.3 is 0 Å². The molecule has 2 aromatic carbocycles. The first-order valence-corrected chi connectivity index (χ1v) is 11.1. The van der Waals surface area contributed by atoms with Crippen molar-refractivity contribution >= 4 is 0 Å². The predicted molar refractivity (Wildman–Crippen MR) is 122 cm³/mol. The number of benzene rings is 2. The molecule has 2 aromatic rings. The van der Waals surface area contributed by atoms with Crippen LogP contribution >= 0.6 is 0 Å². The Bertz CT molecular complexity index is 704. The molecule has 0 aromatic heterocycles. The molecule has 0 aliphatic rings. The number of aromatic hydroxyl groups is 1. The molecule has 0 spiro atoms. The summed E-state index contributed by atoms with van der Waals surface area (Å²) in [5, 5.41) is 10.4. The minimum Gasteiger partial charge on any atom is -0.508 e. The van der Waals surface area contributed by atoms with E-state index in [2.05, 4.69) is 75.9 Å². The maximum Gasteiger partial charge on any atom is 0.118 e. The molecule has 29 heavy (non-hydrogen) atoms. The minimum absolute atomic E-state index is 0.320. The second kappa shape index (κ2) is 12.0. The van der Waals surface area contributed by atoms with Crippen LogP contribution in [0.4, 0.5) is 0 Å². The third kappa shape index (κ3) is 7.17. The van der Waals surface area contributed by atoms with Crippen LogP contribution in [0.1, 0.15) is 76.6 Å². The van der Waals surface area contributed by atoms with E-state index in [1.807, 2.05) is 12.1 Å². The topological polar surface area (TPSA) is 32.7 Å². The van der Waals surface area contributed by atoms with Gasteiger partial charge in [-0.1, -0.05) is 49.7 Å². The second-order valence-corrected chi connectivity index (χ2v) is 8.47. The highest BCUT2D eigenvalue weighted by Crippen LogP contribution is 2.31. The highest BCUT2D eigenvalue weighted by atomic mass is 16.5. The van der Waals surface area contributed by atoms with E-state index in [9.17, 15) is 5.11 Å². The molecular weight excluding hydrogens is 358 g/mol. The van der Waals surface area contributed by atoms with Crippen molar-refractivity contribution in [2.45, 2.75) is 85.0 Å². The first kappa shape index (κ1) is 23.4. The number of phenols is 1. The van der Waals surface area contributed by atoms with E-state index >= 15 is 0 Å². The maximum atomic E-state index is 10.4. The SMILES string of the molecule is CCCCOCc1ccc(O)c(CCC(c2ccccc2)N(C(C)C)C(C)C)c1. The Morgan fingerprint density at radius 1 is 0.966 bits per heavy atom. The van der Waals surface area contributed by atoms with Crippen molar-refractivity contribution in [1.82, 2.24) is 4.90 Å². The molecule has 3 nitrogen and oxygen atoms in total. The molecule has 1 atom stereocenters. The van der Waals surface area contributed by atoms with Crippen LogP contribution in [0, 0.1) is 0 Å². The third-order valence-electron chi connectivity index (χ3n) is 5.48.